The zero-order valence-corrected chi connectivity index (χ0v) is 16.6. The van der Waals surface area contributed by atoms with Crippen LogP contribution < -0.4 is 0 Å². The lowest BCUT2D eigenvalue weighted by Gasteiger charge is -2.31. The van der Waals surface area contributed by atoms with Crippen molar-refractivity contribution in [2.45, 2.75) is 32.2 Å². The van der Waals surface area contributed by atoms with Crippen LogP contribution in [0.1, 0.15) is 24.5 Å². The number of carbonyl (C=O) groups is 1. The summed E-state index contributed by atoms with van der Waals surface area (Å²) < 4.78 is 5.42. The van der Waals surface area contributed by atoms with E-state index in [4.69, 9.17) is 4.74 Å². The van der Waals surface area contributed by atoms with Crippen molar-refractivity contribution in [2.24, 2.45) is 5.92 Å². The van der Waals surface area contributed by atoms with Crippen LogP contribution in [-0.4, -0.2) is 85.7 Å². The minimum atomic E-state index is 0.0744. The van der Waals surface area contributed by atoms with Gasteiger partial charge in [-0.15, -0.1) is 0 Å². The van der Waals surface area contributed by atoms with Crippen LogP contribution in [0.25, 0.3) is 0 Å². The molecule has 1 aromatic carbocycles. The maximum atomic E-state index is 13.0. The predicted octanol–water partition coefficient (Wildman–Crippen LogP) is 1.66. The molecule has 3 aliphatic rings. The Labute approximate surface area is 163 Å². The van der Waals surface area contributed by atoms with Crippen LogP contribution in [-0.2, 0) is 22.4 Å². The van der Waals surface area contributed by atoms with Crippen molar-refractivity contribution in [2.75, 3.05) is 59.0 Å². The first kappa shape index (κ1) is 18.9. The smallest absolute Gasteiger partial charge is 0.226 e. The number of fused-ring (bicyclic) bond motifs is 1. The first-order valence-electron chi connectivity index (χ1n) is 10.6. The van der Waals surface area contributed by atoms with Crippen molar-refractivity contribution >= 4 is 5.91 Å². The van der Waals surface area contributed by atoms with Crippen molar-refractivity contribution in [1.29, 1.82) is 0 Å². The number of hydrogen-bond donors (Lipinski definition) is 0. The van der Waals surface area contributed by atoms with Gasteiger partial charge in [-0.05, 0) is 30.4 Å². The topological polar surface area (TPSA) is 36.0 Å². The molecule has 2 heterocycles. The number of amides is 1. The van der Waals surface area contributed by atoms with Crippen LogP contribution in [0, 0.1) is 5.92 Å². The van der Waals surface area contributed by atoms with Gasteiger partial charge in [0.05, 0.1) is 13.2 Å². The van der Waals surface area contributed by atoms with E-state index in [9.17, 15) is 4.79 Å². The molecule has 4 rings (SSSR count). The van der Waals surface area contributed by atoms with Crippen LogP contribution in [0.15, 0.2) is 24.3 Å². The number of benzene rings is 1. The fourth-order valence-corrected chi connectivity index (χ4v) is 4.88. The summed E-state index contributed by atoms with van der Waals surface area (Å²) in [5.74, 6) is 0.406. The Bertz CT molecular complexity index is 619. The number of ether oxygens (including phenoxy) is 1. The van der Waals surface area contributed by atoms with E-state index in [2.05, 4.69) is 45.9 Å². The molecular weight excluding hydrogens is 338 g/mol. The minimum absolute atomic E-state index is 0.0744. The van der Waals surface area contributed by atoms with Crippen molar-refractivity contribution in [3.05, 3.63) is 35.4 Å². The van der Waals surface area contributed by atoms with Crippen LogP contribution in [0.5, 0.6) is 0 Å². The highest BCUT2D eigenvalue weighted by molar-refractivity contribution is 5.78. The first-order valence-corrected chi connectivity index (χ1v) is 10.6. The second kappa shape index (κ2) is 8.72. The van der Waals surface area contributed by atoms with Gasteiger partial charge in [-0.3, -0.25) is 14.6 Å². The Balaban J connectivity index is 1.28. The van der Waals surface area contributed by atoms with Crippen molar-refractivity contribution in [3.63, 3.8) is 0 Å². The zero-order chi connectivity index (χ0) is 18.6. The Morgan fingerprint density at radius 3 is 2.44 bits per heavy atom. The SMILES string of the molecule is CC(CN1CCOCC1)C(=O)N1CCCN(C2Cc3ccccc3C2)CC1. The molecule has 2 aliphatic heterocycles. The molecule has 1 unspecified atom stereocenters. The number of nitrogens with zero attached hydrogens (tertiary/aromatic N) is 3. The molecule has 1 atom stereocenters. The highest BCUT2D eigenvalue weighted by Crippen LogP contribution is 2.26. The summed E-state index contributed by atoms with van der Waals surface area (Å²) in [6.45, 7) is 10.3. The van der Waals surface area contributed by atoms with E-state index in [1.807, 2.05) is 0 Å². The van der Waals surface area contributed by atoms with Gasteiger partial charge in [-0.1, -0.05) is 31.2 Å². The molecule has 0 radical (unpaired) electrons. The van der Waals surface area contributed by atoms with E-state index in [0.717, 1.165) is 78.3 Å². The summed E-state index contributed by atoms with van der Waals surface area (Å²) in [5, 5.41) is 0. The summed E-state index contributed by atoms with van der Waals surface area (Å²) in [6, 6.07) is 9.47. The molecule has 0 spiro atoms. The molecule has 5 heteroatoms. The number of carbonyl (C=O) groups excluding carboxylic acids is 1. The van der Waals surface area contributed by atoms with Gasteiger partial charge in [-0.25, -0.2) is 0 Å². The van der Waals surface area contributed by atoms with E-state index in [0.29, 0.717) is 11.9 Å². The maximum Gasteiger partial charge on any atom is 0.226 e. The third-order valence-corrected chi connectivity index (χ3v) is 6.45. The average molecular weight is 372 g/mol. The highest BCUT2D eigenvalue weighted by Gasteiger charge is 2.30. The zero-order valence-electron chi connectivity index (χ0n) is 16.6. The number of hydrogen-bond acceptors (Lipinski definition) is 4. The summed E-state index contributed by atoms with van der Waals surface area (Å²) in [4.78, 5) is 20.1. The standard InChI is InChI=1S/C22H33N3O2/c1-18(17-23-11-13-27-14-12-23)22(26)25-8-4-7-24(9-10-25)21-15-19-5-2-3-6-20(19)16-21/h2-3,5-6,18,21H,4,7-17H2,1H3. The molecule has 0 aromatic heterocycles. The Hall–Kier alpha value is -1.43. The average Bonchev–Trinajstić information content (AvgIpc) is 2.97. The molecule has 1 aliphatic carbocycles. The lowest BCUT2D eigenvalue weighted by molar-refractivity contribution is -0.135. The largest absolute Gasteiger partial charge is 0.379 e. The van der Waals surface area contributed by atoms with E-state index in [1.165, 1.54) is 11.1 Å². The Morgan fingerprint density at radius 1 is 1.04 bits per heavy atom. The fraction of sp³-hybridized carbons (Fsp3) is 0.682. The van der Waals surface area contributed by atoms with Crippen molar-refractivity contribution < 1.29 is 9.53 Å². The molecule has 0 N–H and O–H groups in total. The molecule has 0 bridgehead atoms. The molecule has 2 fully saturated rings. The number of rotatable bonds is 4. The summed E-state index contributed by atoms with van der Waals surface area (Å²) in [6.07, 6.45) is 3.41. The van der Waals surface area contributed by atoms with E-state index in [-0.39, 0.29) is 5.92 Å². The van der Waals surface area contributed by atoms with E-state index in [1.54, 1.807) is 0 Å². The van der Waals surface area contributed by atoms with Gasteiger partial charge >= 0.3 is 0 Å². The molecule has 5 nitrogen and oxygen atoms in total. The lowest BCUT2D eigenvalue weighted by Crippen LogP contribution is -2.45. The van der Waals surface area contributed by atoms with Gasteiger partial charge in [0.25, 0.3) is 0 Å². The second-order valence-corrected chi connectivity index (χ2v) is 8.36. The lowest BCUT2D eigenvalue weighted by atomic mass is 10.1. The molecule has 148 valence electrons. The van der Waals surface area contributed by atoms with Crippen molar-refractivity contribution in [3.8, 4) is 0 Å². The first-order chi connectivity index (χ1) is 13.2. The Kier molecular flexibility index (Phi) is 6.11. The predicted molar refractivity (Wildman–Crippen MR) is 107 cm³/mol. The summed E-state index contributed by atoms with van der Waals surface area (Å²) >= 11 is 0. The third-order valence-electron chi connectivity index (χ3n) is 6.45. The highest BCUT2D eigenvalue weighted by atomic mass is 16.5. The molecule has 27 heavy (non-hydrogen) atoms. The van der Waals surface area contributed by atoms with Gasteiger partial charge in [0.1, 0.15) is 0 Å². The van der Waals surface area contributed by atoms with Gasteiger partial charge in [0.15, 0.2) is 0 Å². The number of morpholine rings is 1. The molecule has 1 aromatic rings. The van der Waals surface area contributed by atoms with Crippen LogP contribution >= 0.6 is 0 Å². The van der Waals surface area contributed by atoms with Gasteiger partial charge in [0, 0.05) is 57.8 Å². The quantitative estimate of drug-likeness (QED) is 0.807. The second-order valence-electron chi connectivity index (χ2n) is 8.36. The minimum Gasteiger partial charge on any atom is -0.379 e. The summed E-state index contributed by atoms with van der Waals surface area (Å²) in [7, 11) is 0. The van der Waals surface area contributed by atoms with Crippen LogP contribution in [0.2, 0.25) is 0 Å². The third kappa shape index (κ3) is 4.53. The normalized spacial score (nSPS) is 23.8. The van der Waals surface area contributed by atoms with Crippen LogP contribution in [0.4, 0.5) is 0 Å². The molecule has 1 amide bonds. The van der Waals surface area contributed by atoms with Gasteiger partial charge in [-0.2, -0.15) is 0 Å². The fourth-order valence-electron chi connectivity index (χ4n) is 4.88. The molecule has 0 saturated carbocycles. The monoisotopic (exact) mass is 371 g/mol. The molecule has 2 saturated heterocycles. The summed E-state index contributed by atoms with van der Waals surface area (Å²) in [5.41, 5.74) is 3.03. The molecular formula is C22H33N3O2. The van der Waals surface area contributed by atoms with E-state index < -0.39 is 0 Å². The maximum absolute atomic E-state index is 13.0. The van der Waals surface area contributed by atoms with Crippen molar-refractivity contribution in [1.82, 2.24) is 14.7 Å². The van der Waals surface area contributed by atoms with Crippen LogP contribution in [0.3, 0.4) is 0 Å². The van der Waals surface area contributed by atoms with Gasteiger partial charge < -0.3 is 9.64 Å². The van der Waals surface area contributed by atoms with Gasteiger partial charge in [0.2, 0.25) is 5.91 Å². The Morgan fingerprint density at radius 2 is 1.74 bits per heavy atom. The van der Waals surface area contributed by atoms with E-state index >= 15 is 0 Å².